The minimum absolute atomic E-state index is 0.163. The minimum atomic E-state index is -0.163. The van der Waals surface area contributed by atoms with Gasteiger partial charge in [-0.15, -0.1) is 0 Å². The summed E-state index contributed by atoms with van der Waals surface area (Å²) in [6, 6.07) is 7.14. The second kappa shape index (κ2) is 9.01. The first-order chi connectivity index (χ1) is 13.1. The van der Waals surface area contributed by atoms with E-state index in [1.165, 1.54) is 0 Å². The van der Waals surface area contributed by atoms with E-state index in [1.54, 1.807) is 23.0 Å². The number of halogens is 2. The Bertz CT molecular complexity index is 922. The lowest BCUT2D eigenvalue weighted by atomic mass is 10.2. The largest absolute Gasteiger partial charge is 0.339 e. The van der Waals surface area contributed by atoms with Crippen molar-refractivity contribution in [1.82, 2.24) is 19.9 Å². The van der Waals surface area contributed by atoms with Gasteiger partial charge in [0, 0.05) is 25.3 Å². The van der Waals surface area contributed by atoms with E-state index in [-0.39, 0.29) is 12.3 Å². The Morgan fingerprint density at radius 2 is 2.11 bits per heavy atom. The monoisotopic (exact) mass is 407 g/mol. The van der Waals surface area contributed by atoms with Crippen LogP contribution in [0.25, 0.3) is 0 Å². The van der Waals surface area contributed by atoms with Crippen LogP contribution in [0.2, 0.25) is 10.0 Å². The lowest BCUT2D eigenvalue weighted by Crippen LogP contribution is -2.16. The Morgan fingerprint density at radius 1 is 1.26 bits per heavy atom. The number of nitrogens with one attached hydrogen (secondary N) is 1. The summed E-state index contributed by atoms with van der Waals surface area (Å²) in [5.41, 5.74) is 0.817. The van der Waals surface area contributed by atoms with Gasteiger partial charge in [-0.05, 0) is 18.1 Å². The quantitative estimate of drug-likeness (QED) is 0.605. The number of amides is 1. The molecule has 1 amide bonds. The summed E-state index contributed by atoms with van der Waals surface area (Å²) in [6.45, 7) is 2.44. The third kappa shape index (κ3) is 5.08. The molecular weight excluding hydrogens is 389 g/mol. The van der Waals surface area contributed by atoms with Gasteiger partial charge in [0.15, 0.2) is 5.82 Å². The molecule has 0 radical (unpaired) electrons. The maximum Gasteiger partial charge on any atom is 0.227 e. The highest BCUT2D eigenvalue weighted by molar-refractivity contribution is 6.42. The van der Waals surface area contributed by atoms with Crippen LogP contribution in [0.15, 0.2) is 35.0 Å². The van der Waals surface area contributed by atoms with Gasteiger partial charge in [-0.2, -0.15) is 10.1 Å². The van der Waals surface area contributed by atoms with Crippen molar-refractivity contribution in [3.63, 3.8) is 0 Å². The van der Waals surface area contributed by atoms with Crippen molar-refractivity contribution in [2.24, 2.45) is 0 Å². The second-order valence-electron chi connectivity index (χ2n) is 5.99. The third-order valence-corrected chi connectivity index (χ3v) is 4.74. The van der Waals surface area contributed by atoms with Gasteiger partial charge in [0.05, 0.1) is 22.8 Å². The summed E-state index contributed by atoms with van der Waals surface area (Å²) in [5, 5.41) is 11.9. The number of rotatable bonds is 8. The van der Waals surface area contributed by atoms with Crippen LogP contribution >= 0.6 is 23.2 Å². The van der Waals surface area contributed by atoms with E-state index in [4.69, 9.17) is 27.7 Å². The summed E-state index contributed by atoms with van der Waals surface area (Å²) in [5.74, 6) is 1.55. The minimum Gasteiger partial charge on any atom is -0.339 e. The summed E-state index contributed by atoms with van der Waals surface area (Å²) in [4.78, 5) is 16.5. The summed E-state index contributed by atoms with van der Waals surface area (Å²) in [6.07, 6.45) is 3.94. The molecule has 3 rings (SSSR count). The van der Waals surface area contributed by atoms with Gasteiger partial charge in [0.25, 0.3) is 0 Å². The zero-order valence-corrected chi connectivity index (χ0v) is 16.3. The molecule has 0 atom stereocenters. The molecule has 2 heterocycles. The molecular formula is C18H19Cl2N5O2. The van der Waals surface area contributed by atoms with Crippen molar-refractivity contribution in [1.29, 1.82) is 0 Å². The van der Waals surface area contributed by atoms with Gasteiger partial charge in [0.1, 0.15) is 5.82 Å². The number of nitrogens with zero attached hydrogens (tertiary/aromatic N) is 4. The first kappa shape index (κ1) is 19.4. The average Bonchev–Trinajstić information content (AvgIpc) is 3.27. The van der Waals surface area contributed by atoms with Crippen LogP contribution in [-0.4, -0.2) is 25.8 Å². The predicted molar refractivity (Wildman–Crippen MR) is 103 cm³/mol. The molecule has 0 fully saturated rings. The van der Waals surface area contributed by atoms with Crippen LogP contribution in [0.3, 0.4) is 0 Å². The molecule has 0 saturated heterocycles. The van der Waals surface area contributed by atoms with Gasteiger partial charge in [-0.1, -0.05) is 47.4 Å². The zero-order chi connectivity index (χ0) is 19.2. The molecule has 3 aromatic rings. The van der Waals surface area contributed by atoms with Crippen LogP contribution in [0.4, 0.5) is 5.82 Å². The molecule has 2 aromatic heterocycles. The fourth-order valence-corrected chi connectivity index (χ4v) is 2.92. The third-order valence-electron chi connectivity index (χ3n) is 3.89. The van der Waals surface area contributed by atoms with E-state index in [2.05, 4.69) is 20.6 Å². The summed E-state index contributed by atoms with van der Waals surface area (Å²) < 4.78 is 6.80. The number of carbonyl (C=O) groups excluding carboxylic acids is 1. The van der Waals surface area contributed by atoms with E-state index in [0.717, 1.165) is 18.4 Å². The molecule has 0 aliphatic heterocycles. The Labute approximate surface area is 166 Å². The van der Waals surface area contributed by atoms with Crippen LogP contribution in [0.1, 0.15) is 37.0 Å². The van der Waals surface area contributed by atoms with E-state index < -0.39 is 0 Å². The van der Waals surface area contributed by atoms with Gasteiger partial charge in [0.2, 0.25) is 11.8 Å². The lowest BCUT2D eigenvalue weighted by molar-refractivity contribution is -0.116. The van der Waals surface area contributed by atoms with Crippen LogP contribution < -0.4 is 5.32 Å². The Balaban J connectivity index is 1.58. The molecule has 0 saturated carbocycles. The van der Waals surface area contributed by atoms with E-state index in [0.29, 0.717) is 40.5 Å². The maximum atomic E-state index is 12.3. The molecule has 27 heavy (non-hydrogen) atoms. The second-order valence-corrected chi connectivity index (χ2v) is 6.77. The predicted octanol–water partition coefficient (Wildman–Crippen LogP) is 4.15. The standard InChI is InChI=1S/C18H19Cl2N5O2/c1-2-4-14-22-17(27-24-14)8-7-16(26)23-15-9-10-21-25(15)11-12-5-3-6-13(19)18(12)20/h3,5-6,9-10H,2,4,7-8,11H2,1H3,(H,23,26). The molecule has 7 nitrogen and oxygen atoms in total. The zero-order valence-electron chi connectivity index (χ0n) is 14.8. The van der Waals surface area contributed by atoms with Crippen molar-refractivity contribution in [2.75, 3.05) is 5.32 Å². The van der Waals surface area contributed by atoms with Crippen molar-refractivity contribution in [3.8, 4) is 0 Å². The highest BCUT2D eigenvalue weighted by atomic mass is 35.5. The van der Waals surface area contributed by atoms with Crippen molar-refractivity contribution >= 4 is 34.9 Å². The number of aromatic nitrogens is 4. The van der Waals surface area contributed by atoms with Crippen LogP contribution in [0.5, 0.6) is 0 Å². The smallest absolute Gasteiger partial charge is 0.227 e. The molecule has 1 aromatic carbocycles. The summed E-state index contributed by atoms with van der Waals surface area (Å²) in [7, 11) is 0. The number of anilines is 1. The maximum absolute atomic E-state index is 12.3. The first-order valence-corrected chi connectivity index (χ1v) is 9.38. The molecule has 9 heteroatoms. The van der Waals surface area contributed by atoms with Crippen LogP contribution in [0, 0.1) is 0 Å². The average molecular weight is 408 g/mol. The fraction of sp³-hybridized carbons (Fsp3) is 0.333. The molecule has 142 valence electrons. The van der Waals surface area contributed by atoms with Crippen molar-refractivity contribution < 1.29 is 9.32 Å². The van der Waals surface area contributed by atoms with Gasteiger partial charge in [-0.3, -0.25) is 4.79 Å². The van der Waals surface area contributed by atoms with Gasteiger partial charge >= 0.3 is 0 Å². The SMILES string of the molecule is CCCc1noc(CCC(=O)Nc2ccnn2Cc2cccc(Cl)c2Cl)n1. The normalized spacial score (nSPS) is 10.9. The molecule has 0 aliphatic carbocycles. The van der Waals surface area contributed by atoms with Crippen molar-refractivity contribution in [3.05, 3.63) is 57.8 Å². The first-order valence-electron chi connectivity index (χ1n) is 8.62. The molecule has 0 spiro atoms. The fourth-order valence-electron chi connectivity index (χ4n) is 2.54. The van der Waals surface area contributed by atoms with E-state index in [1.807, 2.05) is 19.1 Å². The number of carbonyl (C=O) groups is 1. The summed E-state index contributed by atoms with van der Waals surface area (Å²) >= 11 is 12.3. The van der Waals surface area contributed by atoms with Gasteiger partial charge in [-0.25, -0.2) is 4.68 Å². The molecule has 1 N–H and O–H groups in total. The topological polar surface area (TPSA) is 85.8 Å². The molecule has 0 unspecified atom stereocenters. The van der Waals surface area contributed by atoms with Crippen molar-refractivity contribution in [2.45, 2.75) is 39.2 Å². The Hall–Kier alpha value is -2.38. The van der Waals surface area contributed by atoms with Crippen LogP contribution in [-0.2, 0) is 24.2 Å². The Morgan fingerprint density at radius 3 is 2.93 bits per heavy atom. The van der Waals surface area contributed by atoms with E-state index >= 15 is 0 Å². The number of aryl methyl sites for hydroxylation is 2. The lowest BCUT2D eigenvalue weighted by Gasteiger charge is -2.10. The number of benzene rings is 1. The molecule has 0 bridgehead atoms. The van der Waals surface area contributed by atoms with Gasteiger partial charge < -0.3 is 9.84 Å². The Kier molecular flexibility index (Phi) is 6.47. The number of hydrogen-bond donors (Lipinski definition) is 1. The molecule has 0 aliphatic rings. The highest BCUT2D eigenvalue weighted by Crippen LogP contribution is 2.26. The number of hydrogen-bond acceptors (Lipinski definition) is 5. The van der Waals surface area contributed by atoms with E-state index in [9.17, 15) is 4.79 Å². The highest BCUT2D eigenvalue weighted by Gasteiger charge is 2.12.